The molecule has 2 heterocycles. The summed E-state index contributed by atoms with van der Waals surface area (Å²) >= 11 is 1.29. The molecule has 3 aromatic rings. The Balaban J connectivity index is 1.67. The van der Waals surface area contributed by atoms with Crippen LogP contribution < -0.4 is 5.32 Å². The largest absolute Gasteiger partial charge is 0.466 e. The number of hydrogen-bond acceptors (Lipinski definition) is 5. The van der Waals surface area contributed by atoms with Crippen LogP contribution in [0.3, 0.4) is 0 Å². The van der Waals surface area contributed by atoms with E-state index in [9.17, 15) is 14.3 Å². The van der Waals surface area contributed by atoms with E-state index in [1.165, 1.54) is 29.7 Å². The lowest BCUT2D eigenvalue weighted by atomic mass is 10.0. The molecule has 1 aromatic carbocycles. The Hall–Kier alpha value is -2.51. The van der Waals surface area contributed by atoms with Gasteiger partial charge in [0.1, 0.15) is 27.9 Å². The van der Waals surface area contributed by atoms with Crippen LogP contribution >= 0.6 is 11.3 Å². The van der Waals surface area contributed by atoms with Gasteiger partial charge in [-0.2, -0.15) is 0 Å². The molecule has 2 N–H and O–H groups in total. The van der Waals surface area contributed by atoms with Crippen molar-refractivity contribution in [3.63, 3.8) is 0 Å². The highest BCUT2D eigenvalue weighted by molar-refractivity contribution is 7.13. The number of amides is 1. The van der Waals surface area contributed by atoms with Crippen LogP contribution in [0.25, 0.3) is 10.6 Å². The highest BCUT2D eigenvalue weighted by atomic mass is 32.1. The number of rotatable bonds is 5. The van der Waals surface area contributed by atoms with E-state index in [0.717, 1.165) is 5.56 Å². The van der Waals surface area contributed by atoms with E-state index in [2.05, 4.69) is 10.3 Å². The molecule has 0 aliphatic rings. The van der Waals surface area contributed by atoms with Gasteiger partial charge in [-0.05, 0) is 43.3 Å². The quantitative estimate of drug-likeness (QED) is 0.744. The Kier molecular flexibility index (Phi) is 4.46. The minimum Gasteiger partial charge on any atom is -0.466 e. The number of thiazole rings is 1. The molecule has 0 aliphatic heterocycles. The van der Waals surface area contributed by atoms with Crippen LogP contribution in [0, 0.1) is 5.82 Å². The number of halogens is 1. The van der Waals surface area contributed by atoms with Gasteiger partial charge >= 0.3 is 0 Å². The van der Waals surface area contributed by atoms with Crippen LogP contribution in [0.4, 0.5) is 4.39 Å². The van der Waals surface area contributed by atoms with Crippen molar-refractivity contribution >= 4 is 17.2 Å². The molecule has 0 bridgehead atoms. The van der Waals surface area contributed by atoms with Crippen molar-refractivity contribution in [1.82, 2.24) is 10.3 Å². The molecule has 3 rings (SSSR count). The third kappa shape index (κ3) is 3.52. The molecule has 0 saturated heterocycles. The maximum Gasteiger partial charge on any atom is 0.270 e. The summed E-state index contributed by atoms with van der Waals surface area (Å²) in [4.78, 5) is 16.4. The fourth-order valence-corrected chi connectivity index (χ4v) is 2.92. The minimum absolute atomic E-state index is 0.0112. The van der Waals surface area contributed by atoms with Crippen LogP contribution in [-0.4, -0.2) is 22.5 Å². The molecule has 24 heavy (non-hydrogen) atoms. The molecule has 0 spiro atoms. The van der Waals surface area contributed by atoms with Gasteiger partial charge in [0.05, 0.1) is 12.8 Å². The monoisotopic (exact) mass is 346 g/mol. The second-order valence-electron chi connectivity index (χ2n) is 5.48. The molecule has 0 radical (unpaired) electrons. The summed E-state index contributed by atoms with van der Waals surface area (Å²) in [5.41, 5.74) is -0.327. The highest BCUT2D eigenvalue weighted by Gasteiger charge is 2.27. The van der Waals surface area contributed by atoms with Crippen molar-refractivity contribution in [1.29, 1.82) is 0 Å². The Morgan fingerprint density at radius 1 is 1.38 bits per heavy atom. The van der Waals surface area contributed by atoms with Crippen LogP contribution in [0.15, 0.2) is 52.5 Å². The summed E-state index contributed by atoms with van der Waals surface area (Å²) in [7, 11) is 0. The molecule has 0 saturated carbocycles. The first kappa shape index (κ1) is 16.4. The maximum atomic E-state index is 13.0. The van der Waals surface area contributed by atoms with Gasteiger partial charge < -0.3 is 14.8 Å². The van der Waals surface area contributed by atoms with E-state index in [1.54, 1.807) is 36.6 Å². The minimum atomic E-state index is -1.31. The van der Waals surface area contributed by atoms with Crippen molar-refractivity contribution < 1.29 is 18.7 Å². The predicted molar refractivity (Wildman–Crippen MR) is 88.1 cm³/mol. The van der Waals surface area contributed by atoms with Crippen molar-refractivity contribution in [2.45, 2.75) is 12.5 Å². The second-order valence-corrected chi connectivity index (χ2v) is 6.34. The number of benzene rings is 1. The zero-order valence-electron chi connectivity index (χ0n) is 12.8. The lowest BCUT2D eigenvalue weighted by Gasteiger charge is -2.20. The molecule has 7 heteroatoms. The molecule has 5 nitrogen and oxygen atoms in total. The highest BCUT2D eigenvalue weighted by Crippen LogP contribution is 2.24. The van der Waals surface area contributed by atoms with Gasteiger partial charge in [0.25, 0.3) is 5.91 Å². The number of aromatic nitrogens is 1. The maximum absolute atomic E-state index is 13.0. The van der Waals surface area contributed by atoms with Crippen molar-refractivity contribution in [2.24, 2.45) is 0 Å². The van der Waals surface area contributed by atoms with E-state index in [0.29, 0.717) is 10.8 Å². The summed E-state index contributed by atoms with van der Waals surface area (Å²) < 4.78 is 18.1. The first-order valence-corrected chi connectivity index (χ1v) is 8.10. The topological polar surface area (TPSA) is 75.4 Å². The van der Waals surface area contributed by atoms with Gasteiger partial charge in [-0.15, -0.1) is 11.3 Å². The van der Waals surface area contributed by atoms with E-state index in [4.69, 9.17) is 4.42 Å². The lowest BCUT2D eigenvalue weighted by molar-refractivity contribution is 0.0329. The molecule has 124 valence electrons. The molecule has 1 amide bonds. The Morgan fingerprint density at radius 2 is 2.12 bits per heavy atom. The normalized spacial score (nSPS) is 13.5. The molecule has 0 fully saturated rings. The summed E-state index contributed by atoms with van der Waals surface area (Å²) in [5, 5.41) is 15.2. The summed E-state index contributed by atoms with van der Waals surface area (Å²) in [6, 6.07) is 9.21. The SMILES string of the molecule is CC(O)(CNC(=O)c1csc(-c2ccc(F)cc2)n1)c1ccco1. The fraction of sp³-hybridized carbons (Fsp3) is 0.176. The second kappa shape index (κ2) is 6.54. The van der Waals surface area contributed by atoms with Crippen LogP contribution in [0.1, 0.15) is 23.2 Å². The molecule has 0 aliphatic carbocycles. The average Bonchev–Trinajstić information content (AvgIpc) is 3.25. The third-order valence-electron chi connectivity index (χ3n) is 3.47. The fourth-order valence-electron chi connectivity index (χ4n) is 2.12. The number of carbonyl (C=O) groups is 1. The van der Waals surface area contributed by atoms with Gasteiger partial charge in [-0.3, -0.25) is 4.79 Å². The number of nitrogens with zero attached hydrogens (tertiary/aromatic N) is 1. The molecular weight excluding hydrogens is 331 g/mol. The number of hydrogen-bond donors (Lipinski definition) is 2. The Labute approximate surface area is 141 Å². The average molecular weight is 346 g/mol. The molecular formula is C17H15FN2O3S. The van der Waals surface area contributed by atoms with Crippen molar-refractivity contribution in [3.8, 4) is 10.6 Å². The van der Waals surface area contributed by atoms with Gasteiger partial charge in [0.2, 0.25) is 0 Å². The smallest absolute Gasteiger partial charge is 0.270 e. The first-order chi connectivity index (χ1) is 11.5. The Morgan fingerprint density at radius 3 is 2.79 bits per heavy atom. The number of nitrogens with one attached hydrogen (secondary N) is 1. The molecule has 1 atom stereocenters. The molecule has 2 aromatic heterocycles. The van der Waals surface area contributed by atoms with Gasteiger partial charge in [-0.1, -0.05) is 0 Å². The van der Waals surface area contributed by atoms with Crippen molar-refractivity contribution in [2.75, 3.05) is 6.54 Å². The van der Waals surface area contributed by atoms with E-state index < -0.39 is 11.5 Å². The zero-order chi connectivity index (χ0) is 17.2. The Bertz CT molecular complexity index is 826. The number of carbonyl (C=O) groups excluding carboxylic acids is 1. The van der Waals surface area contributed by atoms with Gasteiger partial charge in [-0.25, -0.2) is 9.37 Å². The van der Waals surface area contributed by atoms with Crippen molar-refractivity contribution in [3.05, 3.63) is 65.3 Å². The van der Waals surface area contributed by atoms with E-state index in [-0.39, 0.29) is 18.1 Å². The standard InChI is InChI=1S/C17H15FN2O3S/c1-17(22,14-3-2-8-23-14)10-19-15(21)13-9-24-16(20-13)11-4-6-12(18)7-5-11/h2-9,22H,10H2,1H3,(H,19,21). The number of aliphatic hydroxyl groups is 1. The van der Waals surface area contributed by atoms with Gasteiger partial charge in [0.15, 0.2) is 0 Å². The third-order valence-corrected chi connectivity index (χ3v) is 4.36. The summed E-state index contributed by atoms with van der Waals surface area (Å²) in [6.45, 7) is 1.54. The predicted octanol–water partition coefficient (Wildman–Crippen LogP) is 3.18. The summed E-state index contributed by atoms with van der Waals surface area (Å²) in [5.74, 6) is -0.354. The zero-order valence-corrected chi connectivity index (χ0v) is 13.6. The lowest BCUT2D eigenvalue weighted by Crippen LogP contribution is -2.38. The van der Waals surface area contributed by atoms with E-state index in [1.807, 2.05) is 0 Å². The van der Waals surface area contributed by atoms with Crippen LogP contribution in [-0.2, 0) is 5.60 Å². The van der Waals surface area contributed by atoms with Gasteiger partial charge in [0, 0.05) is 10.9 Å². The van der Waals surface area contributed by atoms with E-state index >= 15 is 0 Å². The molecule has 1 unspecified atom stereocenters. The van der Waals surface area contributed by atoms with Crippen LogP contribution in [0.5, 0.6) is 0 Å². The first-order valence-electron chi connectivity index (χ1n) is 7.22. The van der Waals surface area contributed by atoms with Crippen LogP contribution in [0.2, 0.25) is 0 Å². The number of furan rings is 1. The summed E-state index contributed by atoms with van der Waals surface area (Å²) in [6.07, 6.45) is 1.46.